The lowest BCUT2D eigenvalue weighted by molar-refractivity contribution is -0.115. The third kappa shape index (κ3) is 3.57. The van der Waals surface area contributed by atoms with Crippen molar-refractivity contribution in [3.05, 3.63) is 84.1 Å². The number of carbonyl (C=O) groups excluding carboxylic acids is 1. The standard InChI is InChI=1S/C22H20N4O3S/c1-15-10-12-18(13-11-15)26-20-19(9-6-14-23-20)30(28,29)22(25-26)21(27)24-16(2)17-7-4-3-5-8-17/h3-14,16H,1-2H3,(H,24,27). The summed E-state index contributed by atoms with van der Waals surface area (Å²) in [6, 6.07) is 19.2. The molecule has 152 valence electrons. The highest BCUT2D eigenvalue weighted by molar-refractivity contribution is 8.08. The summed E-state index contributed by atoms with van der Waals surface area (Å²) in [5.74, 6) is -0.605. The molecule has 2 heterocycles. The number of nitrogens with one attached hydrogen (secondary N) is 1. The zero-order chi connectivity index (χ0) is 21.3. The summed E-state index contributed by atoms with van der Waals surface area (Å²) >= 11 is 0. The monoisotopic (exact) mass is 420 g/mol. The summed E-state index contributed by atoms with van der Waals surface area (Å²) < 4.78 is 26.3. The van der Waals surface area contributed by atoms with E-state index in [1.165, 1.54) is 23.3 Å². The topological polar surface area (TPSA) is 91.7 Å². The summed E-state index contributed by atoms with van der Waals surface area (Å²) in [6.07, 6.45) is 1.49. The highest BCUT2D eigenvalue weighted by Crippen LogP contribution is 2.35. The first-order chi connectivity index (χ1) is 14.4. The number of hydrogen-bond acceptors (Lipinski definition) is 6. The Balaban J connectivity index is 1.76. The molecule has 1 aliphatic heterocycles. The normalized spacial score (nSPS) is 15.7. The van der Waals surface area contributed by atoms with Crippen LogP contribution in [-0.4, -0.2) is 24.4 Å². The van der Waals surface area contributed by atoms with Crippen LogP contribution in [0.3, 0.4) is 0 Å². The average molecular weight is 420 g/mol. The summed E-state index contributed by atoms with van der Waals surface area (Å²) in [5.41, 5.74) is 2.51. The number of aryl methyl sites for hydroxylation is 1. The first-order valence-corrected chi connectivity index (χ1v) is 10.9. The molecule has 1 unspecified atom stereocenters. The van der Waals surface area contributed by atoms with Crippen molar-refractivity contribution in [1.29, 1.82) is 0 Å². The van der Waals surface area contributed by atoms with E-state index in [9.17, 15) is 13.2 Å². The molecule has 0 saturated carbocycles. The van der Waals surface area contributed by atoms with Gasteiger partial charge in [0.2, 0.25) is 14.9 Å². The highest BCUT2D eigenvalue weighted by Gasteiger charge is 2.39. The number of hydrogen-bond donors (Lipinski definition) is 1. The van der Waals surface area contributed by atoms with E-state index in [0.29, 0.717) is 5.69 Å². The summed E-state index contributed by atoms with van der Waals surface area (Å²) in [5, 5.41) is 7.77. The minimum Gasteiger partial charge on any atom is -0.343 e. The van der Waals surface area contributed by atoms with Crippen molar-refractivity contribution in [2.45, 2.75) is 24.8 Å². The molecule has 1 atom stereocenters. The molecule has 0 saturated heterocycles. The molecule has 0 fully saturated rings. The van der Waals surface area contributed by atoms with Gasteiger partial charge >= 0.3 is 0 Å². The minimum atomic E-state index is -4.13. The van der Waals surface area contributed by atoms with E-state index < -0.39 is 20.8 Å². The van der Waals surface area contributed by atoms with Crippen molar-refractivity contribution in [3.63, 3.8) is 0 Å². The maximum atomic E-state index is 13.1. The number of nitrogens with zero attached hydrogens (tertiary/aromatic N) is 3. The molecule has 1 N–H and O–H groups in total. The van der Waals surface area contributed by atoms with Gasteiger partial charge in [-0.05, 0) is 43.7 Å². The molecular formula is C22H20N4O3S. The van der Waals surface area contributed by atoms with E-state index in [1.54, 1.807) is 19.1 Å². The quantitative estimate of drug-likeness (QED) is 0.697. The van der Waals surface area contributed by atoms with Crippen molar-refractivity contribution < 1.29 is 13.2 Å². The van der Waals surface area contributed by atoms with Gasteiger partial charge in [0, 0.05) is 6.20 Å². The molecule has 0 spiro atoms. The number of hydrazone groups is 1. The lowest BCUT2D eigenvalue weighted by atomic mass is 10.1. The molecule has 0 aliphatic carbocycles. The Bertz CT molecular complexity index is 1220. The molecule has 30 heavy (non-hydrogen) atoms. The molecule has 0 radical (unpaired) electrons. The first kappa shape index (κ1) is 19.8. The Morgan fingerprint density at radius 1 is 1.00 bits per heavy atom. The SMILES string of the molecule is Cc1ccc(N2N=C(C(=O)NC(C)c3ccccc3)S(=O)(=O)c3cccnc32)cc1. The van der Waals surface area contributed by atoms with E-state index in [1.807, 2.05) is 49.4 Å². The van der Waals surface area contributed by atoms with Crippen LogP contribution >= 0.6 is 0 Å². The Hall–Kier alpha value is -3.52. The van der Waals surface area contributed by atoms with Crippen molar-refractivity contribution >= 4 is 32.3 Å². The lowest BCUT2D eigenvalue weighted by Gasteiger charge is -2.26. The Kier molecular flexibility index (Phi) is 5.09. The van der Waals surface area contributed by atoms with Gasteiger partial charge < -0.3 is 5.32 Å². The number of fused-ring (bicyclic) bond motifs is 1. The van der Waals surface area contributed by atoms with Gasteiger partial charge in [-0.2, -0.15) is 0 Å². The van der Waals surface area contributed by atoms with Crippen molar-refractivity contribution in [3.8, 4) is 0 Å². The van der Waals surface area contributed by atoms with Gasteiger partial charge in [0.15, 0.2) is 5.82 Å². The zero-order valence-corrected chi connectivity index (χ0v) is 17.3. The molecule has 1 aliphatic rings. The number of sulfone groups is 1. The van der Waals surface area contributed by atoms with E-state index in [2.05, 4.69) is 15.4 Å². The third-order valence-electron chi connectivity index (χ3n) is 4.81. The molecular weight excluding hydrogens is 400 g/mol. The van der Waals surface area contributed by atoms with Crippen LogP contribution in [0.2, 0.25) is 0 Å². The van der Waals surface area contributed by atoms with Gasteiger partial charge in [0.25, 0.3) is 5.91 Å². The van der Waals surface area contributed by atoms with Gasteiger partial charge in [-0.25, -0.2) is 18.4 Å². The van der Waals surface area contributed by atoms with Gasteiger partial charge in [0.1, 0.15) is 4.90 Å². The van der Waals surface area contributed by atoms with E-state index in [4.69, 9.17) is 0 Å². The second-order valence-corrected chi connectivity index (χ2v) is 8.82. The molecule has 4 rings (SSSR count). The van der Waals surface area contributed by atoms with Crippen LogP contribution in [0, 0.1) is 6.92 Å². The summed E-state index contributed by atoms with van der Waals surface area (Å²) in [4.78, 5) is 17.1. The third-order valence-corrected chi connectivity index (χ3v) is 6.48. The Labute approximate surface area is 175 Å². The van der Waals surface area contributed by atoms with Crippen LogP contribution in [0.15, 0.2) is 82.9 Å². The molecule has 1 amide bonds. The van der Waals surface area contributed by atoms with E-state index >= 15 is 0 Å². The molecule has 7 nitrogen and oxygen atoms in total. The number of anilines is 2. The number of amides is 1. The Morgan fingerprint density at radius 3 is 2.40 bits per heavy atom. The summed E-state index contributed by atoms with van der Waals surface area (Å²) in [6.45, 7) is 3.74. The van der Waals surface area contributed by atoms with Crippen molar-refractivity contribution in [2.75, 3.05) is 5.01 Å². The van der Waals surface area contributed by atoms with Crippen LogP contribution < -0.4 is 10.3 Å². The van der Waals surface area contributed by atoms with Crippen molar-refractivity contribution in [2.24, 2.45) is 5.10 Å². The fourth-order valence-electron chi connectivity index (χ4n) is 3.16. The number of pyridine rings is 1. The lowest BCUT2D eigenvalue weighted by Crippen LogP contribution is -2.41. The van der Waals surface area contributed by atoms with Gasteiger partial charge in [-0.15, -0.1) is 5.10 Å². The predicted molar refractivity (Wildman–Crippen MR) is 115 cm³/mol. The number of aromatic nitrogens is 1. The maximum absolute atomic E-state index is 13.1. The molecule has 3 aromatic rings. The Morgan fingerprint density at radius 2 is 1.70 bits per heavy atom. The highest BCUT2D eigenvalue weighted by atomic mass is 32.2. The number of benzene rings is 2. The first-order valence-electron chi connectivity index (χ1n) is 9.39. The second-order valence-electron chi connectivity index (χ2n) is 6.99. The molecule has 2 aromatic carbocycles. The van der Waals surface area contributed by atoms with Crippen LogP contribution in [-0.2, 0) is 14.6 Å². The van der Waals surface area contributed by atoms with Gasteiger partial charge in [-0.3, -0.25) is 4.79 Å². The summed E-state index contributed by atoms with van der Waals surface area (Å²) in [7, 11) is -4.13. The van der Waals surface area contributed by atoms with Crippen LogP contribution in [0.4, 0.5) is 11.5 Å². The molecule has 1 aromatic heterocycles. The molecule has 0 bridgehead atoms. The van der Waals surface area contributed by atoms with Gasteiger partial charge in [0.05, 0.1) is 11.7 Å². The van der Waals surface area contributed by atoms with E-state index in [-0.39, 0.29) is 16.8 Å². The largest absolute Gasteiger partial charge is 0.343 e. The van der Waals surface area contributed by atoms with Crippen LogP contribution in [0.25, 0.3) is 0 Å². The number of carbonyl (C=O) groups is 1. The zero-order valence-electron chi connectivity index (χ0n) is 16.5. The average Bonchev–Trinajstić information content (AvgIpc) is 2.75. The second kappa shape index (κ2) is 7.72. The van der Waals surface area contributed by atoms with Crippen LogP contribution in [0.1, 0.15) is 24.1 Å². The van der Waals surface area contributed by atoms with E-state index in [0.717, 1.165) is 11.1 Å². The fourth-order valence-corrected chi connectivity index (χ4v) is 4.50. The predicted octanol–water partition coefficient (Wildman–Crippen LogP) is 3.51. The maximum Gasteiger partial charge on any atom is 0.284 e. The minimum absolute atomic E-state index is 0.0573. The van der Waals surface area contributed by atoms with Crippen molar-refractivity contribution in [1.82, 2.24) is 10.3 Å². The molecule has 8 heteroatoms. The van der Waals surface area contributed by atoms with Gasteiger partial charge in [-0.1, -0.05) is 48.0 Å². The fraction of sp³-hybridized carbons (Fsp3) is 0.136. The van der Waals surface area contributed by atoms with Crippen LogP contribution in [0.5, 0.6) is 0 Å². The number of rotatable bonds is 4. The smallest absolute Gasteiger partial charge is 0.284 e.